The summed E-state index contributed by atoms with van der Waals surface area (Å²) in [4.78, 5) is 13.8. The minimum atomic E-state index is -0.0528. The van der Waals surface area contributed by atoms with E-state index in [0.29, 0.717) is 6.04 Å². The Morgan fingerprint density at radius 1 is 1.25 bits per heavy atom. The molecule has 4 nitrogen and oxygen atoms in total. The van der Waals surface area contributed by atoms with Crippen molar-refractivity contribution in [2.24, 2.45) is 0 Å². The predicted molar refractivity (Wildman–Crippen MR) is 89.5 cm³/mol. The van der Waals surface area contributed by atoms with Gasteiger partial charge in [-0.3, -0.25) is 0 Å². The molecule has 1 unspecified atom stereocenters. The number of hydrogen-bond donors (Lipinski definition) is 0. The van der Waals surface area contributed by atoms with Crippen molar-refractivity contribution in [2.45, 2.75) is 46.1 Å². The zero-order valence-electron chi connectivity index (χ0n) is 13.7. The first-order valence-electron chi connectivity index (χ1n) is 7.11. The summed E-state index contributed by atoms with van der Waals surface area (Å²) in [6.07, 6.45) is 0. The van der Waals surface area contributed by atoms with Crippen LogP contribution in [0.1, 0.15) is 40.4 Å². The fraction of sp³-hybridized carbons (Fsp3) is 0.733. The maximum absolute atomic E-state index is 4.77. The molecule has 5 heteroatoms. The molecule has 0 saturated carbocycles. The van der Waals surface area contributed by atoms with Gasteiger partial charge in [0.15, 0.2) is 0 Å². The highest BCUT2D eigenvalue weighted by Crippen LogP contribution is 2.25. The Balaban J connectivity index is 3.12. The van der Waals surface area contributed by atoms with E-state index in [-0.39, 0.29) is 5.41 Å². The van der Waals surface area contributed by atoms with Crippen molar-refractivity contribution in [3.63, 3.8) is 0 Å². The highest BCUT2D eigenvalue weighted by Gasteiger charge is 2.22. The second-order valence-corrected chi connectivity index (χ2v) is 7.33. The molecule has 0 bridgehead atoms. The molecular formula is C15H27BrN4. The number of halogens is 1. The van der Waals surface area contributed by atoms with Crippen LogP contribution in [-0.2, 0) is 5.41 Å². The highest BCUT2D eigenvalue weighted by molar-refractivity contribution is 9.10. The molecule has 0 aromatic carbocycles. The maximum Gasteiger partial charge on any atom is 0.137 e. The van der Waals surface area contributed by atoms with Crippen molar-refractivity contribution in [2.75, 3.05) is 32.1 Å². The quantitative estimate of drug-likeness (QED) is 0.768. The Morgan fingerprint density at radius 2 is 1.85 bits per heavy atom. The SMILES string of the molecule is CCN(c1cc(Br)nc(C(C)(C)C)n1)C(C)CN(C)C. The first-order chi connectivity index (χ1) is 9.15. The van der Waals surface area contributed by atoms with Gasteiger partial charge in [0, 0.05) is 30.6 Å². The molecule has 0 aliphatic heterocycles. The van der Waals surface area contributed by atoms with Gasteiger partial charge in [-0.25, -0.2) is 9.97 Å². The number of rotatable bonds is 5. The van der Waals surface area contributed by atoms with Gasteiger partial charge in [0.2, 0.25) is 0 Å². The van der Waals surface area contributed by atoms with Gasteiger partial charge in [0.1, 0.15) is 16.2 Å². The number of likely N-dealkylation sites (N-methyl/N-ethyl adjacent to an activating group) is 2. The molecule has 20 heavy (non-hydrogen) atoms. The lowest BCUT2D eigenvalue weighted by Gasteiger charge is -2.32. The Kier molecular flexibility index (Phi) is 5.95. The number of nitrogens with zero attached hydrogens (tertiary/aromatic N) is 4. The summed E-state index contributed by atoms with van der Waals surface area (Å²) in [5, 5.41) is 0. The van der Waals surface area contributed by atoms with Crippen LogP contribution in [0.5, 0.6) is 0 Å². The third kappa shape index (κ3) is 4.70. The third-order valence-electron chi connectivity index (χ3n) is 3.15. The fourth-order valence-electron chi connectivity index (χ4n) is 2.21. The van der Waals surface area contributed by atoms with Crippen molar-refractivity contribution >= 4 is 21.7 Å². The minimum absolute atomic E-state index is 0.0528. The fourth-order valence-corrected chi connectivity index (χ4v) is 2.59. The zero-order chi connectivity index (χ0) is 15.5. The van der Waals surface area contributed by atoms with Gasteiger partial charge in [-0.1, -0.05) is 20.8 Å². The van der Waals surface area contributed by atoms with E-state index in [0.717, 1.165) is 29.3 Å². The van der Waals surface area contributed by atoms with Crippen LogP contribution in [0, 0.1) is 0 Å². The van der Waals surface area contributed by atoms with Crippen LogP contribution in [0.25, 0.3) is 0 Å². The van der Waals surface area contributed by atoms with Crippen LogP contribution in [0.4, 0.5) is 5.82 Å². The third-order valence-corrected chi connectivity index (χ3v) is 3.55. The summed E-state index contributed by atoms with van der Waals surface area (Å²) in [6.45, 7) is 12.7. The monoisotopic (exact) mass is 342 g/mol. The molecule has 0 saturated heterocycles. The van der Waals surface area contributed by atoms with Crippen LogP contribution in [0.2, 0.25) is 0 Å². The average molecular weight is 343 g/mol. The van der Waals surface area contributed by atoms with E-state index in [1.165, 1.54) is 0 Å². The molecule has 0 fully saturated rings. The number of anilines is 1. The largest absolute Gasteiger partial charge is 0.353 e. The van der Waals surface area contributed by atoms with Crippen molar-refractivity contribution < 1.29 is 0 Å². The van der Waals surface area contributed by atoms with Crippen molar-refractivity contribution in [3.8, 4) is 0 Å². The Labute approximate surface area is 131 Å². The molecule has 0 aliphatic carbocycles. The first-order valence-corrected chi connectivity index (χ1v) is 7.91. The summed E-state index contributed by atoms with van der Waals surface area (Å²) >= 11 is 3.51. The smallest absolute Gasteiger partial charge is 0.137 e. The van der Waals surface area contributed by atoms with Crippen molar-refractivity contribution in [1.29, 1.82) is 0 Å². The standard InChI is InChI=1S/C15H27BrN4/c1-8-20(11(2)10-19(6)7)13-9-12(16)17-14(18-13)15(3,4)5/h9,11H,8,10H2,1-7H3. The normalized spacial score (nSPS) is 13.7. The van der Waals surface area contributed by atoms with Crippen LogP contribution >= 0.6 is 15.9 Å². The molecule has 1 heterocycles. The van der Waals surface area contributed by atoms with E-state index in [2.05, 4.69) is 79.4 Å². The van der Waals surface area contributed by atoms with Gasteiger partial charge in [0.05, 0.1) is 0 Å². The Bertz CT molecular complexity index is 440. The van der Waals surface area contributed by atoms with E-state index in [9.17, 15) is 0 Å². The minimum Gasteiger partial charge on any atom is -0.353 e. The van der Waals surface area contributed by atoms with Gasteiger partial charge in [-0.05, 0) is 43.9 Å². The highest BCUT2D eigenvalue weighted by atomic mass is 79.9. The number of aromatic nitrogens is 2. The van der Waals surface area contributed by atoms with Crippen LogP contribution in [-0.4, -0.2) is 48.1 Å². The van der Waals surface area contributed by atoms with Gasteiger partial charge >= 0.3 is 0 Å². The predicted octanol–water partition coefficient (Wildman–Crippen LogP) is 3.31. The molecule has 0 aliphatic rings. The lowest BCUT2D eigenvalue weighted by atomic mass is 9.96. The molecule has 1 rings (SSSR count). The van der Waals surface area contributed by atoms with E-state index >= 15 is 0 Å². The number of hydrogen-bond acceptors (Lipinski definition) is 4. The summed E-state index contributed by atoms with van der Waals surface area (Å²) in [5.74, 6) is 1.87. The van der Waals surface area contributed by atoms with E-state index in [1.54, 1.807) is 0 Å². The first kappa shape index (κ1) is 17.4. The average Bonchev–Trinajstić information content (AvgIpc) is 2.26. The molecule has 0 amide bonds. The second kappa shape index (κ2) is 6.85. The molecular weight excluding hydrogens is 316 g/mol. The van der Waals surface area contributed by atoms with E-state index < -0.39 is 0 Å². The molecule has 0 N–H and O–H groups in total. The van der Waals surface area contributed by atoms with Crippen molar-refractivity contribution in [3.05, 3.63) is 16.5 Å². The summed E-state index contributed by atoms with van der Waals surface area (Å²) in [5.41, 5.74) is -0.0528. The molecule has 1 aromatic heterocycles. The van der Waals surface area contributed by atoms with Gasteiger partial charge in [-0.2, -0.15) is 0 Å². The van der Waals surface area contributed by atoms with E-state index in [1.807, 2.05) is 6.07 Å². The van der Waals surface area contributed by atoms with Gasteiger partial charge in [-0.15, -0.1) is 0 Å². The molecule has 0 radical (unpaired) electrons. The van der Waals surface area contributed by atoms with Crippen LogP contribution < -0.4 is 4.90 Å². The summed E-state index contributed by atoms with van der Waals surface area (Å²) in [6, 6.07) is 2.41. The second-order valence-electron chi connectivity index (χ2n) is 6.52. The van der Waals surface area contributed by atoms with Crippen LogP contribution in [0.3, 0.4) is 0 Å². The molecule has 1 atom stereocenters. The van der Waals surface area contributed by atoms with Gasteiger partial charge < -0.3 is 9.80 Å². The summed E-state index contributed by atoms with van der Waals surface area (Å²) in [7, 11) is 4.20. The zero-order valence-corrected chi connectivity index (χ0v) is 15.3. The molecule has 0 spiro atoms. The molecule has 114 valence electrons. The molecule has 1 aromatic rings. The lowest BCUT2D eigenvalue weighted by Crippen LogP contribution is -2.40. The topological polar surface area (TPSA) is 32.3 Å². The Hall–Kier alpha value is -0.680. The van der Waals surface area contributed by atoms with Gasteiger partial charge in [0.25, 0.3) is 0 Å². The van der Waals surface area contributed by atoms with Crippen molar-refractivity contribution in [1.82, 2.24) is 14.9 Å². The van der Waals surface area contributed by atoms with Crippen LogP contribution in [0.15, 0.2) is 10.7 Å². The maximum atomic E-state index is 4.77. The lowest BCUT2D eigenvalue weighted by molar-refractivity contribution is 0.371. The summed E-state index contributed by atoms with van der Waals surface area (Å²) < 4.78 is 0.850. The van der Waals surface area contributed by atoms with E-state index in [4.69, 9.17) is 4.98 Å². The Morgan fingerprint density at radius 3 is 2.30 bits per heavy atom.